The Hall–Kier alpha value is -0.0231. The molecule has 0 aromatic carbocycles. The molecule has 0 heterocycles. The van der Waals surface area contributed by atoms with Crippen molar-refractivity contribution >= 4 is 8.80 Å². The van der Waals surface area contributed by atoms with Crippen LogP contribution < -0.4 is 11.1 Å². The molecule has 0 amide bonds. The van der Waals surface area contributed by atoms with Gasteiger partial charge in [0.15, 0.2) is 0 Å². The van der Waals surface area contributed by atoms with E-state index in [-0.39, 0.29) is 11.8 Å². The van der Waals surface area contributed by atoms with Crippen molar-refractivity contribution in [2.45, 2.75) is 39.0 Å². The lowest BCUT2D eigenvalue weighted by Crippen LogP contribution is -2.60. The molecule has 0 aliphatic rings. The van der Waals surface area contributed by atoms with Crippen molar-refractivity contribution in [1.82, 2.24) is 5.32 Å². The van der Waals surface area contributed by atoms with E-state index in [2.05, 4.69) is 12.2 Å². The molecule has 112 valence electrons. The lowest BCUT2D eigenvalue weighted by atomic mass is 10.4. The Kier molecular flexibility index (Phi) is 13.6. The van der Waals surface area contributed by atoms with Crippen molar-refractivity contribution in [3.8, 4) is 0 Å². The SMILES string of the molecule is CC(C)O.CCC(NCCN)[Si](OC)(OC)OC. The van der Waals surface area contributed by atoms with Crippen LogP contribution in [-0.4, -0.2) is 60.1 Å². The van der Waals surface area contributed by atoms with Crippen LogP contribution in [-0.2, 0) is 13.3 Å². The summed E-state index contributed by atoms with van der Waals surface area (Å²) in [5.74, 6) is 0. The minimum Gasteiger partial charge on any atom is -0.394 e. The van der Waals surface area contributed by atoms with Gasteiger partial charge in [0.2, 0.25) is 0 Å². The minimum absolute atomic E-state index is 0.103. The summed E-state index contributed by atoms with van der Waals surface area (Å²) in [6, 6.07) is 0. The highest BCUT2D eigenvalue weighted by Crippen LogP contribution is 2.14. The average molecular weight is 282 g/mol. The van der Waals surface area contributed by atoms with Crippen LogP contribution in [0.4, 0.5) is 0 Å². The normalized spacial score (nSPS) is 13.2. The molecule has 4 N–H and O–H groups in total. The summed E-state index contributed by atoms with van der Waals surface area (Å²) < 4.78 is 16.1. The first-order valence-corrected chi connectivity index (χ1v) is 8.01. The second-order valence-corrected chi connectivity index (χ2v) is 7.14. The van der Waals surface area contributed by atoms with Crippen LogP contribution in [0.3, 0.4) is 0 Å². The Labute approximate surface area is 112 Å². The van der Waals surface area contributed by atoms with Crippen LogP contribution in [0.5, 0.6) is 0 Å². The van der Waals surface area contributed by atoms with Gasteiger partial charge >= 0.3 is 8.80 Å². The maximum Gasteiger partial charge on any atom is 0.517 e. The van der Waals surface area contributed by atoms with E-state index < -0.39 is 8.80 Å². The molecule has 6 nitrogen and oxygen atoms in total. The van der Waals surface area contributed by atoms with Crippen molar-refractivity contribution in [2.24, 2.45) is 5.73 Å². The van der Waals surface area contributed by atoms with Gasteiger partial charge in [-0.3, -0.25) is 0 Å². The molecule has 0 aliphatic heterocycles. The third-order valence-electron chi connectivity index (χ3n) is 2.22. The summed E-state index contributed by atoms with van der Waals surface area (Å²) >= 11 is 0. The van der Waals surface area contributed by atoms with Gasteiger partial charge in [-0.05, 0) is 20.3 Å². The number of rotatable bonds is 8. The molecule has 0 aromatic rings. The summed E-state index contributed by atoms with van der Waals surface area (Å²) in [6.45, 7) is 6.84. The first kappa shape index (κ1) is 20.3. The van der Waals surface area contributed by atoms with Crippen molar-refractivity contribution in [3.05, 3.63) is 0 Å². The van der Waals surface area contributed by atoms with Crippen molar-refractivity contribution in [3.63, 3.8) is 0 Å². The maximum absolute atomic E-state index is 8.06. The summed E-state index contributed by atoms with van der Waals surface area (Å²) in [5, 5.41) is 11.3. The predicted molar refractivity (Wildman–Crippen MR) is 75.3 cm³/mol. The van der Waals surface area contributed by atoms with Gasteiger partial charge in [0, 0.05) is 40.5 Å². The fourth-order valence-electron chi connectivity index (χ4n) is 1.45. The highest BCUT2D eigenvalue weighted by molar-refractivity contribution is 6.62. The Balaban J connectivity index is 0. The molecule has 0 rings (SSSR count). The molecule has 0 saturated carbocycles. The predicted octanol–water partition coefficient (Wildman–Crippen LogP) is 0.118. The van der Waals surface area contributed by atoms with Crippen molar-refractivity contribution in [1.29, 1.82) is 0 Å². The monoisotopic (exact) mass is 282 g/mol. The second kappa shape index (κ2) is 12.0. The van der Waals surface area contributed by atoms with Crippen LogP contribution in [0.15, 0.2) is 0 Å². The zero-order valence-electron chi connectivity index (χ0n) is 12.5. The number of nitrogens with two attached hydrogens (primary N) is 1. The van der Waals surface area contributed by atoms with Gasteiger partial charge in [0.1, 0.15) is 0 Å². The van der Waals surface area contributed by atoms with Crippen LogP contribution >= 0.6 is 0 Å². The fraction of sp³-hybridized carbons (Fsp3) is 1.00. The summed E-state index contributed by atoms with van der Waals surface area (Å²) in [7, 11) is 2.30. The zero-order chi connectivity index (χ0) is 14.6. The quantitative estimate of drug-likeness (QED) is 0.548. The summed E-state index contributed by atoms with van der Waals surface area (Å²) in [5.41, 5.74) is 5.53. The molecule has 1 atom stereocenters. The Morgan fingerprint density at radius 2 is 1.56 bits per heavy atom. The molecule has 0 saturated heterocycles. The number of hydrogen-bond acceptors (Lipinski definition) is 6. The standard InChI is InChI=1S/C8H22N2O3Si.C3H8O/c1-5-8(10-7-6-9)14(11-2,12-3)13-4;1-3(2)4/h8,10H,5-7,9H2,1-4H3;3-4H,1-2H3. The molecule has 1 unspecified atom stereocenters. The summed E-state index contributed by atoms with van der Waals surface area (Å²) in [6.07, 6.45) is 0.724. The molecule has 0 bridgehead atoms. The van der Waals surface area contributed by atoms with E-state index in [4.69, 9.17) is 24.1 Å². The van der Waals surface area contributed by atoms with Crippen molar-refractivity contribution < 1.29 is 18.4 Å². The lowest BCUT2D eigenvalue weighted by molar-refractivity contribution is 0.106. The third-order valence-corrected chi connectivity index (χ3v) is 5.40. The van der Waals surface area contributed by atoms with Gasteiger partial charge in [0.25, 0.3) is 0 Å². The molecule has 18 heavy (non-hydrogen) atoms. The zero-order valence-corrected chi connectivity index (χ0v) is 13.5. The Morgan fingerprint density at radius 3 is 1.78 bits per heavy atom. The second-order valence-electron chi connectivity index (χ2n) is 4.01. The van der Waals surface area contributed by atoms with E-state index in [0.717, 1.165) is 13.0 Å². The fourth-order valence-corrected chi connectivity index (χ4v) is 3.70. The molecule has 0 radical (unpaired) electrons. The van der Waals surface area contributed by atoms with Crippen LogP contribution in [0.2, 0.25) is 0 Å². The van der Waals surface area contributed by atoms with E-state index in [0.29, 0.717) is 6.54 Å². The molecule has 0 aliphatic carbocycles. The highest BCUT2D eigenvalue weighted by Gasteiger charge is 2.46. The molecular weight excluding hydrogens is 252 g/mol. The van der Waals surface area contributed by atoms with Gasteiger partial charge in [-0.2, -0.15) is 0 Å². The number of hydrogen-bond donors (Lipinski definition) is 3. The van der Waals surface area contributed by atoms with E-state index in [1.165, 1.54) is 0 Å². The smallest absolute Gasteiger partial charge is 0.394 e. The molecule has 7 heteroatoms. The number of nitrogens with one attached hydrogen (secondary N) is 1. The van der Waals surface area contributed by atoms with Gasteiger partial charge in [0.05, 0.1) is 5.67 Å². The van der Waals surface area contributed by atoms with Gasteiger partial charge in [-0.25, -0.2) is 0 Å². The maximum atomic E-state index is 8.06. The van der Waals surface area contributed by atoms with E-state index >= 15 is 0 Å². The molecule has 0 fully saturated rings. The number of aliphatic hydroxyl groups excluding tert-OH is 1. The van der Waals surface area contributed by atoms with Gasteiger partial charge in [-0.15, -0.1) is 0 Å². The van der Waals surface area contributed by atoms with Gasteiger partial charge in [-0.1, -0.05) is 6.92 Å². The lowest BCUT2D eigenvalue weighted by Gasteiger charge is -2.32. The van der Waals surface area contributed by atoms with Gasteiger partial charge < -0.3 is 29.4 Å². The Morgan fingerprint density at radius 1 is 1.17 bits per heavy atom. The van der Waals surface area contributed by atoms with Crippen LogP contribution in [0.25, 0.3) is 0 Å². The van der Waals surface area contributed by atoms with Crippen molar-refractivity contribution in [2.75, 3.05) is 34.4 Å². The van der Waals surface area contributed by atoms with Crippen LogP contribution in [0.1, 0.15) is 27.2 Å². The number of aliphatic hydroxyl groups is 1. The first-order valence-electron chi connectivity index (χ1n) is 6.20. The van der Waals surface area contributed by atoms with E-state index in [9.17, 15) is 0 Å². The van der Waals surface area contributed by atoms with E-state index in [1.54, 1.807) is 35.2 Å². The molecular formula is C11H30N2O4Si. The minimum atomic E-state index is -2.55. The first-order chi connectivity index (χ1) is 8.43. The third kappa shape index (κ3) is 8.14. The highest BCUT2D eigenvalue weighted by atomic mass is 28.4. The topological polar surface area (TPSA) is 86.0 Å². The van der Waals surface area contributed by atoms with E-state index in [1.807, 2.05) is 0 Å². The average Bonchev–Trinajstić information content (AvgIpc) is 2.34. The van der Waals surface area contributed by atoms with Crippen LogP contribution in [0, 0.1) is 0 Å². The molecule has 0 aromatic heterocycles. The summed E-state index contributed by atoms with van der Waals surface area (Å²) in [4.78, 5) is 0. The molecule has 0 spiro atoms. The largest absolute Gasteiger partial charge is 0.517 e. The Bertz CT molecular complexity index is 169.